The Bertz CT molecular complexity index is 653. The van der Waals surface area contributed by atoms with Gasteiger partial charge >= 0.3 is 16.1 Å². The van der Waals surface area contributed by atoms with Gasteiger partial charge in [-0.05, 0) is 32.4 Å². The normalized spacial score (nSPS) is 11.9. The highest BCUT2D eigenvalue weighted by molar-refractivity contribution is 7.86. The number of para-hydroxylation sites is 1. The molecule has 0 saturated heterocycles. The summed E-state index contributed by atoms with van der Waals surface area (Å²) in [7, 11) is -3.67. The molecule has 0 fully saturated rings. The predicted molar refractivity (Wildman–Crippen MR) is 80.0 cm³/mol. The van der Waals surface area contributed by atoms with E-state index in [-0.39, 0.29) is 18.1 Å². The average Bonchev–Trinajstić information content (AvgIpc) is 2.38. The number of nitrogens with zero attached hydrogens (tertiary/aromatic N) is 1. The number of carbonyl (C=O) groups is 1. The first-order valence-electron chi connectivity index (χ1n) is 6.21. The van der Waals surface area contributed by atoms with Gasteiger partial charge in [-0.15, -0.1) is 0 Å². The summed E-state index contributed by atoms with van der Waals surface area (Å²) in [6.07, 6.45) is 0.955. The highest BCUT2D eigenvalue weighted by Crippen LogP contribution is 2.29. The number of anilines is 1. The fourth-order valence-electron chi connectivity index (χ4n) is 1.43. The van der Waals surface area contributed by atoms with Gasteiger partial charge in [0.2, 0.25) is 0 Å². The zero-order chi connectivity index (χ0) is 16.0. The molecule has 0 unspecified atom stereocenters. The Balaban J connectivity index is 3.01. The molecule has 0 aliphatic rings. The minimum absolute atomic E-state index is 0.115. The van der Waals surface area contributed by atoms with Crippen molar-refractivity contribution in [3.8, 4) is 5.75 Å². The maximum absolute atomic E-state index is 11.4. The number of rotatable bonds is 6. The summed E-state index contributed by atoms with van der Waals surface area (Å²) in [4.78, 5) is 11.4. The largest absolute Gasteiger partial charge is 0.461 e. The predicted octanol–water partition coefficient (Wildman–Crippen LogP) is 1.68. The molecule has 0 atom stereocenters. The molecular formula is C13H18N2O5S. The molecule has 8 heteroatoms. The molecule has 1 N–H and O–H groups in total. The van der Waals surface area contributed by atoms with Gasteiger partial charge in [-0.2, -0.15) is 13.5 Å². The van der Waals surface area contributed by atoms with Crippen LogP contribution in [0.2, 0.25) is 0 Å². The number of esters is 1. The number of aryl methyl sites for hydroxylation is 1. The molecule has 0 radical (unpaired) electrons. The van der Waals surface area contributed by atoms with Crippen LogP contribution in [0.25, 0.3) is 0 Å². The fraction of sp³-hybridized carbons (Fsp3) is 0.385. The van der Waals surface area contributed by atoms with Gasteiger partial charge in [0.15, 0.2) is 5.75 Å². The van der Waals surface area contributed by atoms with Crippen LogP contribution in [0, 0.1) is 6.92 Å². The van der Waals surface area contributed by atoms with Crippen molar-refractivity contribution >= 4 is 27.5 Å². The standard InChI is InChI=1S/C13H18N2O5S/c1-5-19-13(16)10(3)14-15-11-8-6-7-9(2)12(11)20-21(4,17)18/h6-8,15H,5H2,1-4H3/b14-10-. The third-order valence-corrected chi connectivity index (χ3v) is 2.83. The molecule has 116 valence electrons. The van der Waals surface area contributed by atoms with E-state index in [1.54, 1.807) is 32.0 Å². The minimum Gasteiger partial charge on any atom is -0.461 e. The smallest absolute Gasteiger partial charge is 0.354 e. The minimum atomic E-state index is -3.67. The average molecular weight is 314 g/mol. The molecule has 1 rings (SSSR count). The highest BCUT2D eigenvalue weighted by Gasteiger charge is 2.13. The molecule has 0 aliphatic carbocycles. The second-order valence-corrected chi connectivity index (χ2v) is 5.84. The first-order valence-corrected chi connectivity index (χ1v) is 8.02. The molecule has 0 aliphatic heterocycles. The SMILES string of the molecule is CCOC(=O)/C(C)=N\Nc1cccc(C)c1OS(C)(=O)=O. The number of hydrogen-bond acceptors (Lipinski definition) is 7. The van der Waals surface area contributed by atoms with E-state index in [4.69, 9.17) is 8.92 Å². The Morgan fingerprint density at radius 2 is 2.05 bits per heavy atom. The Morgan fingerprint density at radius 3 is 2.62 bits per heavy atom. The highest BCUT2D eigenvalue weighted by atomic mass is 32.2. The number of carbonyl (C=O) groups excluding carboxylic acids is 1. The number of ether oxygens (including phenoxy) is 1. The summed E-state index contributed by atoms with van der Waals surface area (Å²) in [6.45, 7) is 5.13. The van der Waals surface area contributed by atoms with Crippen molar-refractivity contribution in [2.24, 2.45) is 5.10 Å². The van der Waals surface area contributed by atoms with E-state index in [2.05, 4.69) is 10.5 Å². The van der Waals surface area contributed by atoms with Gasteiger partial charge in [0.25, 0.3) is 0 Å². The summed E-state index contributed by atoms with van der Waals surface area (Å²) in [6, 6.07) is 5.01. The van der Waals surface area contributed by atoms with Gasteiger partial charge in [-0.25, -0.2) is 4.79 Å². The Labute approximate surface area is 124 Å². The number of nitrogens with one attached hydrogen (secondary N) is 1. The van der Waals surface area contributed by atoms with Crippen LogP contribution in [0.15, 0.2) is 23.3 Å². The van der Waals surface area contributed by atoms with Crippen molar-refractivity contribution in [1.82, 2.24) is 0 Å². The summed E-state index contributed by atoms with van der Waals surface area (Å²) < 4.78 is 32.3. The lowest BCUT2D eigenvalue weighted by molar-refractivity contribution is -0.135. The lowest BCUT2D eigenvalue weighted by Crippen LogP contribution is -2.16. The zero-order valence-corrected chi connectivity index (χ0v) is 13.2. The molecular weight excluding hydrogens is 296 g/mol. The quantitative estimate of drug-likeness (QED) is 0.371. The van der Waals surface area contributed by atoms with Crippen LogP contribution >= 0.6 is 0 Å². The van der Waals surface area contributed by atoms with E-state index in [0.717, 1.165) is 6.26 Å². The summed E-state index contributed by atoms with van der Waals surface area (Å²) in [5, 5.41) is 3.86. The lowest BCUT2D eigenvalue weighted by atomic mass is 10.2. The van der Waals surface area contributed by atoms with Gasteiger partial charge in [-0.1, -0.05) is 12.1 Å². The van der Waals surface area contributed by atoms with E-state index in [0.29, 0.717) is 11.3 Å². The maximum atomic E-state index is 11.4. The van der Waals surface area contributed by atoms with E-state index in [1.165, 1.54) is 6.92 Å². The Morgan fingerprint density at radius 1 is 1.38 bits per heavy atom. The van der Waals surface area contributed by atoms with Crippen LogP contribution < -0.4 is 9.61 Å². The van der Waals surface area contributed by atoms with Crippen molar-refractivity contribution < 1.29 is 22.1 Å². The third-order valence-electron chi connectivity index (χ3n) is 2.36. The van der Waals surface area contributed by atoms with E-state index in [1.807, 2.05) is 0 Å². The molecule has 1 aromatic rings. The van der Waals surface area contributed by atoms with Gasteiger partial charge < -0.3 is 8.92 Å². The first-order chi connectivity index (χ1) is 9.74. The van der Waals surface area contributed by atoms with Crippen molar-refractivity contribution in [1.29, 1.82) is 0 Å². The van der Waals surface area contributed by atoms with Gasteiger partial charge in [0.05, 0.1) is 12.9 Å². The van der Waals surface area contributed by atoms with Crippen LogP contribution in [0.5, 0.6) is 5.75 Å². The molecule has 0 amide bonds. The molecule has 0 aromatic heterocycles. The van der Waals surface area contributed by atoms with E-state index >= 15 is 0 Å². The molecule has 1 aromatic carbocycles. The van der Waals surface area contributed by atoms with Crippen molar-refractivity contribution in [3.05, 3.63) is 23.8 Å². The fourth-order valence-corrected chi connectivity index (χ4v) is 1.95. The van der Waals surface area contributed by atoms with Gasteiger partial charge in [-0.3, -0.25) is 5.43 Å². The molecule has 0 heterocycles. The van der Waals surface area contributed by atoms with E-state index in [9.17, 15) is 13.2 Å². The van der Waals surface area contributed by atoms with E-state index < -0.39 is 16.1 Å². The van der Waals surface area contributed by atoms with Crippen LogP contribution in [0.3, 0.4) is 0 Å². The Hall–Kier alpha value is -2.09. The van der Waals surface area contributed by atoms with Crippen LogP contribution in [0.4, 0.5) is 5.69 Å². The summed E-state index contributed by atoms with van der Waals surface area (Å²) in [5.74, 6) is -0.413. The lowest BCUT2D eigenvalue weighted by Gasteiger charge is -2.11. The van der Waals surface area contributed by atoms with Crippen molar-refractivity contribution in [2.75, 3.05) is 18.3 Å². The summed E-state index contributed by atoms with van der Waals surface area (Å²) in [5.41, 5.74) is 3.68. The van der Waals surface area contributed by atoms with Crippen LogP contribution in [-0.2, 0) is 19.6 Å². The molecule has 21 heavy (non-hydrogen) atoms. The van der Waals surface area contributed by atoms with Crippen molar-refractivity contribution in [3.63, 3.8) is 0 Å². The number of hydrogen-bond donors (Lipinski definition) is 1. The molecule has 0 bridgehead atoms. The topological polar surface area (TPSA) is 94.1 Å². The van der Waals surface area contributed by atoms with Gasteiger partial charge in [0.1, 0.15) is 11.4 Å². The number of hydrazone groups is 1. The third kappa shape index (κ3) is 5.42. The van der Waals surface area contributed by atoms with Crippen LogP contribution in [-0.4, -0.2) is 33.0 Å². The second kappa shape index (κ2) is 7.07. The van der Waals surface area contributed by atoms with Gasteiger partial charge in [0, 0.05) is 0 Å². The second-order valence-electron chi connectivity index (χ2n) is 4.27. The first kappa shape index (κ1) is 17.0. The molecule has 0 spiro atoms. The number of benzene rings is 1. The molecule has 7 nitrogen and oxygen atoms in total. The van der Waals surface area contributed by atoms with Crippen molar-refractivity contribution in [2.45, 2.75) is 20.8 Å². The molecule has 0 saturated carbocycles. The zero-order valence-electron chi connectivity index (χ0n) is 12.3. The Kier molecular flexibility index (Phi) is 5.71. The monoisotopic (exact) mass is 314 g/mol. The summed E-state index contributed by atoms with van der Waals surface area (Å²) >= 11 is 0. The maximum Gasteiger partial charge on any atom is 0.354 e. The van der Waals surface area contributed by atoms with Crippen LogP contribution in [0.1, 0.15) is 19.4 Å².